The quantitative estimate of drug-likeness (QED) is 0.711. The van der Waals surface area contributed by atoms with Crippen LogP contribution in [-0.4, -0.2) is 33.4 Å². The lowest BCUT2D eigenvalue weighted by Gasteiger charge is -2.33. The summed E-state index contributed by atoms with van der Waals surface area (Å²) in [6, 6.07) is 18.7. The van der Waals surface area contributed by atoms with Crippen molar-refractivity contribution in [3.05, 3.63) is 66.0 Å². The molecule has 2 heterocycles. The molecule has 26 heavy (non-hydrogen) atoms. The molecule has 1 aliphatic rings. The van der Waals surface area contributed by atoms with Crippen LogP contribution in [0.5, 0.6) is 0 Å². The van der Waals surface area contributed by atoms with Crippen LogP contribution in [0.25, 0.3) is 11.0 Å². The van der Waals surface area contributed by atoms with Gasteiger partial charge in [-0.25, -0.2) is 4.98 Å². The number of rotatable bonds is 4. The molecule has 3 aromatic rings. The Morgan fingerprint density at radius 2 is 1.88 bits per heavy atom. The largest absolute Gasteiger partial charge is 0.342 e. The second kappa shape index (κ2) is 7.32. The van der Waals surface area contributed by atoms with Crippen molar-refractivity contribution in [1.82, 2.24) is 14.5 Å². The van der Waals surface area contributed by atoms with Crippen molar-refractivity contribution in [3.63, 3.8) is 0 Å². The van der Waals surface area contributed by atoms with Crippen molar-refractivity contribution in [1.29, 1.82) is 0 Å². The number of carbonyl (C=O) groups is 1. The molecule has 0 aliphatic carbocycles. The Kier molecular flexibility index (Phi) is 4.74. The highest BCUT2D eigenvalue weighted by molar-refractivity contribution is 5.78. The van der Waals surface area contributed by atoms with Crippen molar-refractivity contribution in [2.45, 2.75) is 38.6 Å². The van der Waals surface area contributed by atoms with E-state index in [0.29, 0.717) is 18.9 Å². The molecular weight excluding hydrogens is 322 g/mol. The van der Waals surface area contributed by atoms with Crippen LogP contribution >= 0.6 is 0 Å². The molecule has 0 radical (unpaired) electrons. The zero-order valence-corrected chi connectivity index (χ0v) is 15.3. The van der Waals surface area contributed by atoms with Crippen LogP contribution in [0.2, 0.25) is 0 Å². The highest BCUT2D eigenvalue weighted by atomic mass is 16.2. The predicted molar refractivity (Wildman–Crippen MR) is 104 cm³/mol. The zero-order chi connectivity index (χ0) is 17.9. The van der Waals surface area contributed by atoms with Crippen molar-refractivity contribution in [2.24, 2.45) is 0 Å². The third kappa shape index (κ3) is 3.36. The van der Waals surface area contributed by atoms with E-state index in [0.717, 1.165) is 36.4 Å². The van der Waals surface area contributed by atoms with Gasteiger partial charge in [-0.1, -0.05) is 42.5 Å². The number of hydrogen-bond acceptors (Lipinski definition) is 2. The third-order valence-electron chi connectivity index (χ3n) is 5.44. The number of imidazole rings is 1. The van der Waals surface area contributed by atoms with E-state index in [1.807, 2.05) is 31.2 Å². The highest BCUT2D eigenvalue weighted by Gasteiger charge is 2.24. The Morgan fingerprint density at radius 3 is 2.73 bits per heavy atom. The SMILES string of the molecule is Cc1nc2ccccc2n1CCC(=O)N1CCCC(c2ccccc2)C1. The van der Waals surface area contributed by atoms with Crippen LogP contribution in [0.4, 0.5) is 0 Å². The van der Waals surface area contributed by atoms with Crippen LogP contribution in [0, 0.1) is 6.92 Å². The molecule has 4 rings (SSSR count). The van der Waals surface area contributed by atoms with Gasteiger partial charge in [0.15, 0.2) is 0 Å². The van der Waals surface area contributed by atoms with Gasteiger partial charge in [0.2, 0.25) is 5.91 Å². The lowest BCUT2D eigenvalue weighted by atomic mass is 9.90. The minimum Gasteiger partial charge on any atom is -0.342 e. The summed E-state index contributed by atoms with van der Waals surface area (Å²) in [5.74, 6) is 1.69. The minimum atomic E-state index is 0.253. The van der Waals surface area contributed by atoms with Gasteiger partial charge >= 0.3 is 0 Å². The Balaban J connectivity index is 1.42. The summed E-state index contributed by atoms with van der Waals surface area (Å²) in [6.07, 6.45) is 2.78. The molecule has 1 aliphatic heterocycles. The molecular formula is C22H25N3O. The van der Waals surface area contributed by atoms with E-state index >= 15 is 0 Å². The molecule has 1 saturated heterocycles. The molecule has 4 heteroatoms. The number of benzene rings is 2. The summed E-state index contributed by atoms with van der Waals surface area (Å²) >= 11 is 0. The smallest absolute Gasteiger partial charge is 0.224 e. The normalized spacial score (nSPS) is 17.6. The number of aromatic nitrogens is 2. The fourth-order valence-corrected chi connectivity index (χ4v) is 4.04. The number of piperidine rings is 1. The Bertz CT molecular complexity index is 900. The van der Waals surface area contributed by atoms with Crippen molar-refractivity contribution in [2.75, 3.05) is 13.1 Å². The molecule has 2 aromatic carbocycles. The van der Waals surface area contributed by atoms with Crippen LogP contribution in [-0.2, 0) is 11.3 Å². The van der Waals surface area contributed by atoms with E-state index in [-0.39, 0.29) is 5.91 Å². The molecule has 0 N–H and O–H groups in total. The molecule has 1 unspecified atom stereocenters. The first-order valence-electron chi connectivity index (χ1n) is 9.47. The molecule has 4 nitrogen and oxygen atoms in total. The number of carbonyl (C=O) groups excluding carboxylic acids is 1. The van der Waals surface area contributed by atoms with Crippen LogP contribution in [0.3, 0.4) is 0 Å². The molecule has 1 aromatic heterocycles. The standard InChI is InChI=1S/C22H25N3O/c1-17-23-20-11-5-6-12-21(20)25(17)15-13-22(26)24-14-7-10-19(16-24)18-8-3-2-4-9-18/h2-6,8-9,11-12,19H,7,10,13-16H2,1H3. The molecule has 0 saturated carbocycles. The van der Waals surface area contributed by atoms with Gasteiger partial charge in [0, 0.05) is 32.0 Å². The second-order valence-corrected chi connectivity index (χ2v) is 7.14. The topological polar surface area (TPSA) is 38.1 Å². The summed E-state index contributed by atoms with van der Waals surface area (Å²) in [4.78, 5) is 19.5. The molecule has 0 bridgehead atoms. The second-order valence-electron chi connectivity index (χ2n) is 7.14. The molecule has 1 fully saturated rings. The number of nitrogens with zero attached hydrogens (tertiary/aromatic N) is 3. The fourth-order valence-electron chi connectivity index (χ4n) is 4.04. The van der Waals surface area contributed by atoms with E-state index < -0.39 is 0 Å². The summed E-state index contributed by atoms with van der Waals surface area (Å²) in [5, 5.41) is 0. The molecule has 1 atom stereocenters. The number of fused-ring (bicyclic) bond motifs is 1. The zero-order valence-electron chi connectivity index (χ0n) is 15.3. The lowest BCUT2D eigenvalue weighted by Crippen LogP contribution is -2.39. The first-order chi connectivity index (χ1) is 12.7. The van der Waals surface area contributed by atoms with E-state index in [9.17, 15) is 4.79 Å². The van der Waals surface area contributed by atoms with Crippen LogP contribution in [0.1, 0.15) is 36.6 Å². The number of para-hydroxylation sites is 2. The highest BCUT2D eigenvalue weighted by Crippen LogP contribution is 2.27. The lowest BCUT2D eigenvalue weighted by molar-refractivity contribution is -0.132. The molecule has 1 amide bonds. The maximum Gasteiger partial charge on any atom is 0.224 e. The van der Waals surface area contributed by atoms with Gasteiger partial charge in [-0.15, -0.1) is 0 Å². The molecule has 0 spiro atoms. The number of likely N-dealkylation sites (tertiary alicyclic amines) is 1. The monoisotopic (exact) mass is 347 g/mol. The first-order valence-corrected chi connectivity index (χ1v) is 9.47. The van der Waals surface area contributed by atoms with E-state index in [1.54, 1.807) is 0 Å². The van der Waals surface area contributed by atoms with Crippen LogP contribution in [0.15, 0.2) is 54.6 Å². The summed E-state index contributed by atoms with van der Waals surface area (Å²) in [6.45, 7) is 4.42. The number of amides is 1. The Morgan fingerprint density at radius 1 is 1.12 bits per heavy atom. The summed E-state index contributed by atoms with van der Waals surface area (Å²) in [5.41, 5.74) is 3.46. The average Bonchev–Trinajstić information content (AvgIpc) is 3.02. The van der Waals surface area contributed by atoms with Crippen molar-refractivity contribution >= 4 is 16.9 Å². The minimum absolute atomic E-state index is 0.253. The Labute approximate surface area is 154 Å². The van der Waals surface area contributed by atoms with Gasteiger partial charge in [-0.05, 0) is 37.5 Å². The third-order valence-corrected chi connectivity index (χ3v) is 5.44. The first kappa shape index (κ1) is 16.8. The van der Waals surface area contributed by atoms with Crippen LogP contribution < -0.4 is 0 Å². The van der Waals surface area contributed by atoms with Gasteiger partial charge in [0.1, 0.15) is 5.82 Å². The predicted octanol–water partition coefficient (Wildman–Crippen LogP) is 4.14. The Hall–Kier alpha value is -2.62. The fraction of sp³-hybridized carbons (Fsp3) is 0.364. The average molecular weight is 347 g/mol. The van der Waals surface area contributed by atoms with Gasteiger partial charge in [0.05, 0.1) is 11.0 Å². The summed E-state index contributed by atoms with van der Waals surface area (Å²) < 4.78 is 2.16. The maximum atomic E-state index is 12.8. The van der Waals surface area contributed by atoms with Crippen molar-refractivity contribution < 1.29 is 4.79 Å². The molecule has 134 valence electrons. The van der Waals surface area contributed by atoms with Gasteiger partial charge in [-0.2, -0.15) is 0 Å². The maximum absolute atomic E-state index is 12.8. The van der Waals surface area contributed by atoms with E-state index in [1.165, 1.54) is 12.0 Å². The van der Waals surface area contributed by atoms with E-state index in [4.69, 9.17) is 0 Å². The summed E-state index contributed by atoms with van der Waals surface area (Å²) in [7, 11) is 0. The number of aryl methyl sites for hydroxylation is 2. The van der Waals surface area contributed by atoms with Crippen molar-refractivity contribution in [3.8, 4) is 0 Å². The van der Waals surface area contributed by atoms with Gasteiger partial charge < -0.3 is 9.47 Å². The number of hydrogen-bond donors (Lipinski definition) is 0. The van der Waals surface area contributed by atoms with Gasteiger partial charge in [0.25, 0.3) is 0 Å². The van der Waals surface area contributed by atoms with E-state index in [2.05, 4.69) is 44.8 Å². The van der Waals surface area contributed by atoms with Gasteiger partial charge in [-0.3, -0.25) is 4.79 Å².